The first kappa shape index (κ1) is 13.8. The lowest BCUT2D eigenvalue weighted by Crippen LogP contribution is -2.49. The summed E-state index contributed by atoms with van der Waals surface area (Å²) in [6.07, 6.45) is 1.68. The Hall–Kier alpha value is -1.29. The van der Waals surface area contributed by atoms with Gasteiger partial charge in [-0.3, -0.25) is 4.79 Å². The second-order valence-corrected chi connectivity index (χ2v) is 4.58. The molecule has 1 amide bonds. The molecule has 0 atom stereocenters. The van der Waals surface area contributed by atoms with Gasteiger partial charge in [0.1, 0.15) is 11.5 Å². The summed E-state index contributed by atoms with van der Waals surface area (Å²) in [6, 6.07) is 1.75. The minimum Gasteiger partial charge on any atom is -0.466 e. The van der Waals surface area contributed by atoms with Gasteiger partial charge in [-0.15, -0.1) is 0 Å². The zero-order valence-electron chi connectivity index (χ0n) is 11.1. The van der Waals surface area contributed by atoms with Crippen molar-refractivity contribution in [3.8, 4) is 0 Å². The van der Waals surface area contributed by atoms with Crippen LogP contribution in [-0.4, -0.2) is 18.0 Å². The van der Waals surface area contributed by atoms with Crippen molar-refractivity contribution in [3.63, 3.8) is 0 Å². The monoisotopic (exact) mass is 238 g/mol. The Labute approximate surface area is 103 Å². The summed E-state index contributed by atoms with van der Waals surface area (Å²) in [5.74, 6) is 1.28. The number of rotatable bonds is 5. The number of aryl methyl sites for hydroxylation is 2. The third-order valence-corrected chi connectivity index (χ3v) is 3.29. The topological polar surface area (TPSA) is 68.3 Å². The molecule has 0 saturated heterocycles. The zero-order chi connectivity index (χ0) is 13.1. The van der Waals surface area contributed by atoms with Crippen LogP contribution in [0.25, 0.3) is 0 Å². The average molecular weight is 238 g/mol. The van der Waals surface area contributed by atoms with Crippen LogP contribution in [0.1, 0.15) is 48.6 Å². The summed E-state index contributed by atoms with van der Waals surface area (Å²) < 4.78 is 5.33. The van der Waals surface area contributed by atoms with Crippen molar-refractivity contribution in [1.29, 1.82) is 0 Å². The van der Waals surface area contributed by atoms with E-state index in [0.29, 0.717) is 17.9 Å². The predicted molar refractivity (Wildman–Crippen MR) is 68.0 cm³/mol. The zero-order valence-corrected chi connectivity index (χ0v) is 11.1. The fourth-order valence-corrected chi connectivity index (χ4v) is 1.71. The van der Waals surface area contributed by atoms with Crippen molar-refractivity contribution in [2.45, 2.75) is 46.1 Å². The lowest BCUT2D eigenvalue weighted by molar-refractivity contribution is 0.0940. The maximum Gasteiger partial charge on any atom is 0.254 e. The van der Waals surface area contributed by atoms with E-state index in [9.17, 15) is 4.79 Å². The number of nitrogens with two attached hydrogens (primary N) is 1. The van der Waals surface area contributed by atoms with E-state index in [1.165, 1.54) is 0 Å². The molecule has 0 spiro atoms. The largest absolute Gasteiger partial charge is 0.466 e. The Morgan fingerprint density at radius 2 is 2.00 bits per heavy atom. The lowest BCUT2D eigenvalue weighted by atomic mass is 9.94. The summed E-state index contributed by atoms with van der Waals surface area (Å²) in [4.78, 5) is 11.9. The minimum atomic E-state index is -0.317. The van der Waals surface area contributed by atoms with E-state index in [4.69, 9.17) is 10.2 Å². The highest BCUT2D eigenvalue weighted by Gasteiger charge is 2.22. The van der Waals surface area contributed by atoms with Crippen LogP contribution < -0.4 is 11.1 Å². The SMILES string of the molecule is CCC(N)(CC)CNC(=O)c1cc(C)oc1C. The van der Waals surface area contributed by atoms with Gasteiger partial charge < -0.3 is 15.5 Å². The Balaban J connectivity index is 2.65. The molecule has 0 fully saturated rings. The summed E-state index contributed by atoms with van der Waals surface area (Å²) in [7, 11) is 0. The molecule has 1 rings (SSSR count). The molecule has 3 N–H and O–H groups in total. The van der Waals surface area contributed by atoms with Crippen molar-refractivity contribution < 1.29 is 9.21 Å². The summed E-state index contributed by atoms with van der Waals surface area (Å²) >= 11 is 0. The Kier molecular flexibility index (Phi) is 4.34. The van der Waals surface area contributed by atoms with Crippen LogP contribution in [0.2, 0.25) is 0 Å². The number of hydrogen-bond acceptors (Lipinski definition) is 3. The van der Waals surface area contributed by atoms with Crippen LogP contribution in [0.5, 0.6) is 0 Å². The normalized spacial score (nSPS) is 11.6. The second-order valence-electron chi connectivity index (χ2n) is 4.58. The van der Waals surface area contributed by atoms with Gasteiger partial charge in [-0.05, 0) is 32.8 Å². The van der Waals surface area contributed by atoms with E-state index >= 15 is 0 Å². The molecule has 4 heteroatoms. The quantitative estimate of drug-likeness (QED) is 0.825. The molecule has 1 aromatic rings. The Bertz CT molecular complexity index is 392. The Morgan fingerprint density at radius 1 is 1.41 bits per heavy atom. The highest BCUT2D eigenvalue weighted by Crippen LogP contribution is 2.14. The predicted octanol–water partition coefficient (Wildman–Crippen LogP) is 2.14. The van der Waals surface area contributed by atoms with E-state index in [2.05, 4.69) is 5.32 Å². The first-order chi connectivity index (χ1) is 7.91. The minimum absolute atomic E-state index is 0.115. The molecule has 0 radical (unpaired) electrons. The second kappa shape index (κ2) is 5.36. The van der Waals surface area contributed by atoms with E-state index in [-0.39, 0.29) is 11.4 Å². The van der Waals surface area contributed by atoms with Crippen LogP contribution in [0, 0.1) is 13.8 Å². The van der Waals surface area contributed by atoms with Crippen LogP contribution in [0.4, 0.5) is 0 Å². The molecule has 0 saturated carbocycles. The number of carbonyl (C=O) groups excluding carboxylic acids is 1. The molecule has 0 bridgehead atoms. The van der Waals surface area contributed by atoms with E-state index in [1.54, 1.807) is 13.0 Å². The van der Waals surface area contributed by atoms with Gasteiger partial charge >= 0.3 is 0 Å². The third-order valence-electron chi connectivity index (χ3n) is 3.29. The summed E-state index contributed by atoms with van der Waals surface area (Å²) in [6.45, 7) is 8.17. The van der Waals surface area contributed by atoms with Gasteiger partial charge in [-0.25, -0.2) is 0 Å². The maximum atomic E-state index is 11.9. The number of furan rings is 1. The van der Waals surface area contributed by atoms with Crippen LogP contribution in [0.3, 0.4) is 0 Å². The first-order valence-electron chi connectivity index (χ1n) is 6.06. The van der Waals surface area contributed by atoms with Gasteiger partial charge in [0.15, 0.2) is 0 Å². The molecule has 96 valence electrons. The van der Waals surface area contributed by atoms with Gasteiger partial charge in [-0.2, -0.15) is 0 Å². The molecular formula is C13H22N2O2. The van der Waals surface area contributed by atoms with Crippen molar-refractivity contribution in [3.05, 3.63) is 23.2 Å². The number of carbonyl (C=O) groups is 1. The van der Waals surface area contributed by atoms with Gasteiger partial charge in [0.25, 0.3) is 5.91 Å². The van der Waals surface area contributed by atoms with Crippen LogP contribution in [-0.2, 0) is 0 Å². The molecule has 1 heterocycles. The maximum absolute atomic E-state index is 11.9. The third kappa shape index (κ3) is 3.33. The molecule has 0 aliphatic heterocycles. The van der Waals surface area contributed by atoms with Crippen LogP contribution >= 0.6 is 0 Å². The molecule has 0 unspecified atom stereocenters. The highest BCUT2D eigenvalue weighted by atomic mass is 16.3. The standard InChI is InChI=1S/C13H22N2O2/c1-5-13(14,6-2)8-15-12(16)11-7-9(3)17-10(11)4/h7H,5-6,8,14H2,1-4H3,(H,15,16). The average Bonchev–Trinajstić information content (AvgIpc) is 2.65. The van der Waals surface area contributed by atoms with E-state index < -0.39 is 0 Å². The molecule has 0 aliphatic carbocycles. The molecule has 4 nitrogen and oxygen atoms in total. The van der Waals surface area contributed by atoms with E-state index in [1.807, 2.05) is 20.8 Å². The fourth-order valence-electron chi connectivity index (χ4n) is 1.71. The van der Waals surface area contributed by atoms with Gasteiger partial charge in [0.05, 0.1) is 5.56 Å². The van der Waals surface area contributed by atoms with Crippen molar-refractivity contribution in [1.82, 2.24) is 5.32 Å². The van der Waals surface area contributed by atoms with Gasteiger partial charge in [0, 0.05) is 12.1 Å². The van der Waals surface area contributed by atoms with Crippen molar-refractivity contribution in [2.75, 3.05) is 6.54 Å². The van der Waals surface area contributed by atoms with Gasteiger partial charge in [0.2, 0.25) is 0 Å². The molecule has 17 heavy (non-hydrogen) atoms. The van der Waals surface area contributed by atoms with E-state index in [0.717, 1.165) is 18.6 Å². The molecule has 1 aromatic heterocycles. The number of hydrogen-bond donors (Lipinski definition) is 2. The Morgan fingerprint density at radius 3 is 2.41 bits per heavy atom. The lowest BCUT2D eigenvalue weighted by Gasteiger charge is -2.26. The van der Waals surface area contributed by atoms with Crippen molar-refractivity contribution in [2.24, 2.45) is 5.73 Å². The molecule has 0 aromatic carbocycles. The summed E-state index contributed by atoms with van der Waals surface area (Å²) in [5, 5.41) is 2.87. The highest BCUT2D eigenvalue weighted by molar-refractivity contribution is 5.95. The van der Waals surface area contributed by atoms with Crippen molar-refractivity contribution >= 4 is 5.91 Å². The first-order valence-corrected chi connectivity index (χ1v) is 6.06. The molecule has 0 aliphatic rings. The van der Waals surface area contributed by atoms with Crippen LogP contribution in [0.15, 0.2) is 10.5 Å². The summed E-state index contributed by atoms with van der Waals surface area (Å²) in [5.41, 5.74) is 6.41. The number of amides is 1. The molecular weight excluding hydrogens is 216 g/mol. The smallest absolute Gasteiger partial charge is 0.254 e. The fraction of sp³-hybridized carbons (Fsp3) is 0.615. The number of nitrogens with one attached hydrogen (secondary N) is 1. The van der Waals surface area contributed by atoms with Gasteiger partial charge in [-0.1, -0.05) is 13.8 Å².